The lowest BCUT2D eigenvalue weighted by Crippen LogP contribution is -2.71. The van der Waals surface area contributed by atoms with Crippen molar-refractivity contribution in [3.63, 3.8) is 0 Å². The van der Waals surface area contributed by atoms with E-state index in [4.69, 9.17) is 0 Å². The van der Waals surface area contributed by atoms with E-state index in [0.29, 0.717) is 22.2 Å². The van der Waals surface area contributed by atoms with E-state index in [0.717, 1.165) is 4.90 Å². The third-order valence-electron chi connectivity index (χ3n) is 7.20. The second-order valence-electron chi connectivity index (χ2n) is 9.84. The predicted octanol–water partition coefficient (Wildman–Crippen LogP) is -1.11. The van der Waals surface area contributed by atoms with Gasteiger partial charge in [0.1, 0.15) is 28.9 Å². The molecule has 3 aliphatic heterocycles. The molecular formula is C25H27N9O8S2. The lowest BCUT2D eigenvalue weighted by atomic mass is 10.0. The summed E-state index contributed by atoms with van der Waals surface area (Å²) in [6.07, 6.45) is 0. The number of amides is 6. The van der Waals surface area contributed by atoms with Crippen molar-refractivity contribution in [3.05, 3.63) is 41.1 Å². The van der Waals surface area contributed by atoms with Crippen molar-refractivity contribution in [2.24, 2.45) is 7.05 Å². The molecule has 4 heterocycles. The predicted molar refractivity (Wildman–Crippen MR) is 153 cm³/mol. The molecule has 2 fully saturated rings. The highest BCUT2D eigenvalue weighted by atomic mass is 32.2. The van der Waals surface area contributed by atoms with Gasteiger partial charge in [0.2, 0.25) is 11.1 Å². The number of benzene rings is 1. The van der Waals surface area contributed by atoms with Crippen LogP contribution in [0.3, 0.4) is 0 Å². The molecular weight excluding hydrogens is 618 g/mol. The molecule has 6 amide bonds. The molecule has 44 heavy (non-hydrogen) atoms. The van der Waals surface area contributed by atoms with E-state index in [9.17, 15) is 39.0 Å². The van der Waals surface area contributed by atoms with Gasteiger partial charge in [-0.15, -0.1) is 16.9 Å². The fraction of sp³-hybridized carbons (Fsp3) is 0.400. The van der Waals surface area contributed by atoms with Crippen LogP contribution in [0.1, 0.15) is 18.5 Å². The molecule has 17 nitrogen and oxygen atoms in total. The largest absolute Gasteiger partial charge is 0.508 e. The number of aromatic hydroxyl groups is 1. The lowest BCUT2D eigenvalue weighted by molar-refractivity contribution is -0.153. The molecule has 1 aromatic heterocycles. The summed E-state index contributed by atoms with van der Waals surface area (Å²) in [5.41, 5.74) is 0.536. The molecule has 5 rings (SSSR count). The number of nitrogens with one attached hydrogen (secondary N) is 2. The Hall–Kier alpha value is -4.65. The quantitative estimate of drug-likeness (QED) is 0.145. The minimum absolute atomic E-state index is 0.0823. The monoisotopic (exact) mass is 645 g/mol. The Morgan fingerprint density at radius 3 is 2.50 bits per heavy atom. The fourth-order valence-corrected chi connectivity index (χ4v) is 7.20. The van der Waals surface area contributed by atoms with E-state index in [1.807, 2.05) is 0 Å². The Balaban J connectivity index is 1.31. The molecule has 2 saturated heterocycles. The Kier molecular flexibility index (Phi) is 8.77. The molecule has 19 heteroatoms. The highest BCUT2D eigenvalue weighted by molar-refractivity contribution is 8.01. The van der Waals surface area contributed by atoms with E-state index in [1.54, 1.807) is 14.0 Å². The first kappa shape index (κ1) is 30.8. The summed E-state index contributed by atoms with van der Waals surface area (Å²) in [7, 11) is 1.64. The summed E-state index contributed by atoms with van der Waals surface area (Å²) >= 11 is 2.49. The van der Waals surface area contributed by atoms with Crippen molar-refractivity contribution in [3.8, 4) is 5.75 Å². The molecule has 2 aromatic rings. The first-order valence-electron chi connectivity index (χ1n) is 13.3. The molecule has 0 bridgehead atoms. The van der Waals surface area contributed by atoms with Gasteiger partial charge in [-0.25, -0.2) is 14.3 Å². The summed E-state index contributed by atoms with van der Waals surface area (Å²) in [6.45, 7) is 2.04. The van der Waals surface area contributed by atoms with Crippen LogP contribution >= 0.6 is 23.5 Å². The van der Waals surface area contributed by atoms with Gasteiger partial charge in [0.15, 0.2) is 0 Å². The number of thioether (sulfide) groups is 2. The second-order valence-corrected chi connectivity index (χ2v) is 11.9. The summed E-state index contributed by atoms with van der Waals surface area (Å²) in [5, 5.41) is 35.6. The third-order valence-corrected chi connectivity index (χ3v) is 9.63. The molecule has 4 N–H and O–H groups in total. The fourth-order valence-electron chi connectivity index (χ4n) is 4.86. The highest BCUT2D eigenvalue weighted by Crippen LogP contribution is 2.41. The molecule has 0 radical (unpaired) electrons. The number of carboxylic acids is 1. The number of nitrogens with zero attached hydrogens (tertiary/aromatic N) is 7. The number of urea groups is 1. The smallest absolute Gasteiger partial charge is 0.352 e. The standard InChI is InChI=1S/C25H27N9O8S2/c1-3-32-8-9-33(21(39)20(32)38)24(42)27-15(12-4-6-14(35)7-5-12)18(36)26-16-19(37)34-17(23(40)41)13(10-43-22(16)34)11-44-25-28-29-30-31(25)2/h4-7,15-16,22,35H,3,8-11H2,1-2H3,(H,26,36)(H,27,42)(H,40,41)/t15-,16-,22?/m1/s1. The van der Waals surface area contributed by atoms with Gasteiger partial charge in [-0.2, -0.15) is 0 Å². The number of carboxylic acid groups (broad SMARTS) is 1. The number of fused-ring (bicyclic) bond motifs is 1. The number of β-lactam (4-membered cyclic amide) rings is 1. The van der Waals surface area contributed by atoms with Gasteiger partial charge in [0.05, 0.1) is 0 Å². The number of hydrogen-bond acceptors (Lipinski definition) is 12. The van der Waals surface area contributed by atoms with Crippen LogP contribution in [-0.2, 0) is 31.0 Å². The zero-order chi connectivity index (χ0) is 31.7. The number of piperazine rings is 1. The molecule has 1 aromatic carbocycles. The molecule has 3 aliphatic rings. The van der Waals surface area contributed by atoms with Gasteiger partial charge in [0.25, 0.3) is 5.91 Å². The topological polar surface area (TPSA) is 220 Å². The molecule has 232 valence electrons. The Morgan fingerprint density at radius 1 is 1.14 bits per heavy atom. The van der Waals surface area contributed by atoms with Crippen molar-refractivity contribution >= 4 is 59.2 Å². The number of imide groups is 1. The van der Waals surface area contributed by atoms with Crippen LogP contribution in [0.4, 0.5) is 4.79 Å². The molecule has 0 aliphatic carbocycles. The Labute approximate surface area is 258 Å². The Morgan fingerprint density at radius 2 is 1.86 bits per heavy atom. The van der Waals surface area contributed by atoms with Gasteiger partial charge in [0, 0.05) is 38.2 Å². The molecule has 0 spiro atoms. The molecule has 1 unspecified atom stereocenters. The van der Waals surface area contributed by atoms with Crippen LogP contribution in [0.2, 0.25) is 0 Å². The number of phenolic OH excluding ortho intramolecular Hbond substituents is 1. The van der Waals surface area contributed by atoms with E-state index >= 15 is 0 Å². The maximum Gasteiger partial charge on any atom is 0.352 e. The van der Waals surface area contributed by atoms with Crippen LogP contribution in [0.25, 0.3) is 0 Å². The number of likely N-dealkylation sites (N-methyl/N-ethyl adjacent to an activating group) is 1. The number of aryl methyl sites for hydroxylation is 1. The van der Waals surface area contributed by atoms with Crippen LogP contribution < -0.4 is 10.6 Å². The summed E-state index contributed by atoms with van der Waals surface area (Å²) in [4.78, 5) is 80.1. The number of carbonyl (C=O) groups is 6. The number of aliphatic carboxylic acids is 1. The molecule has 3 atom stereocenters. The maximum atomic E-state index is 13.6. The van der Waals surface area contributed by atoms with Gasteiger partial charge in [-0.1, -0.05) is 23.9 Å². The van der Waals surface area contributed by atoms with Crippen LogP contribution in [0.5, 0.6) is 5.75 Å². The van der Waals surface area contributed by atoms with Gasteiger partial charge >= 0.3 is 23.8 Å². The number of rotatable bonds is 9. The minimum Gasteiger partial charge on any atom is -0.508 e. The van der Waals surface area contributed by atoms with E-state index < -0.39 is 53.1 Å². The summed E-state index contributed by atoms with van der Waals surface area (Å²) in [6, 6.07) is 1.84. The van der Waals surface area contributed by atoms with E-state index in [2.05, 4.69) is 26.2 Å². The second kappa shape index (κ2) is 12.5. The lowest BCUT2D eigenvalue weighted by Gasteiger charge is -2.49. The Bertz CT molecular complexity index is 1560. The number of phenols is 1. The number of hydrogen-bond donors (Lipinski definition) is 4. The average Bonchev–Trinajstić information content (AvgIpc) is 3.42. The number of aromatic nitrogens is 4. The molecule has 0 saturated carbocycles. The summed E-state index contributed by atoms with van der Waals surface area (Å²) in [5.74, 6) is -4.26. The van der Waals surface area contributed by atoms with E-state index in [-0.39, 0.29) is 41.6 Å². The zero-order valence-corrected chi connectivity index (χ0v) is 25.0. The van der Waals surface area contributed by atoms with Gasteiger partial charge < -0.3 is 25.7 Å². The van der Waals surface area contributed by atoms with Crippen molar-refractivity contribution < 1.29 is 39.0 Å². The number of carbonyl (C=O) groups excluding carboxylic acids is 5. The maximum absolute atomic E-state index is 13.6. The average molecular weight is 646 g/mol. The highest BCUT2D eigenvalue weighted by Gasteiger charge is 2.54. The zero-order valence-electron chi connectivity index (χ0n) is 23.4. The summed E-state index contributed by atoms with van der Waals surface area (Å²) < 4.78 is 1.44. The van der Waals surface area contributed by atoms with Crippen molar-refractivity contribution in [2.45, 2.75) is 29.5 Å². The van der Waals surface area contributed by atoms with Crippen LogP contribution in [0.15, 0.2) is 40.7 Å². The normalized spacial score (nSPS) is 20.7. The SMILES string of the molecule is CCN1CCN(C(=O)N[C@@H](C(=O)N[C@@H]2C(=O)N3C(C(=O)O)=C(CSc4nnnn4C)CSC23)c2ccc(O)cc2)C(=O)C1=O. The number of tetrazole rings is 1. The van der Waals surface area contributed by atoms with Gasteiger partial charge in [-0.3, -0.25) is 29.0 Å². The first-order valence-corrected chi connectivity index (χ1v) is 15.3. The van der Waals surface area contributed by atoms with Crippen molar-refractivity contribution in [1.82, 2.24) is 45.5 Å². The first-order chi connectivity index (χ1) is 21.0. The third kappa shape index (κ3) is 5.79. The van der Waals surface area contributed by atoms with Crippen molar-refractivity contribution in [1.29, 1.82) is 0 Å². The minimum atomic E-state index is -1.42. The van der Waals surface area contributed by atoms with Gasteiger partial charge in [-0.05, 0) is 40.6 Å². The van der Waals surface area contributed by atoms with E-state index in [1.165, 1.54) is 57.4 Å². The van der Waals surface area contributed by atoms with Crippen LogP contribution in [0, 0.1) is 0 Å². The van der Waals surface area contributed by atoms with Crippen LogP contribution in [-0.4, -0.2) is 123 Å². The van der Waals surface area contributed by atoms with Crippen molar-refractivity contribution in [2.75, 3.05) is 31.1 Å².